The molecule has 1 fully saturated rings. The van der Waals surface area contributed by atoms with Crippen LogP contribution in [0.3, 0.4) is 0 Å². The zero-order chi connectivity index (χ0) is 17.3. The maximum atomic E-state index is 13.8. The van der Waals surface area contributed by atoms with Crippen LogP contribution in [-0.2, 0) is 9.59 Å². The Hall–Kier alpha value is -2.47. The van der Waals surface area contributed by atoms with Crippen LogP contribution in [-0.4, -0.2) is 18.4 Å². The van der Waals surface area contributed by atoms with Gasteiger partial charge in [-0.05, 0) is 30.3 Å². The summed E-state index contributed by atoms with van der Waals surface area (Å²) in [5.74, 6) is -2.42. The predicted octanol–water partition coefficient (Wildman–Crippen LogP) is 3.61. The van der Waals surface area contributed by atoms with Crippen LogP contribution in [0.15, 0.2) is 42.5 Å². The first-order valence-corrected chi connectivity index (χ1v) is 7.64. The normalized spacial score (nSPS) is 17.2. The number of hydrogen-bond acceptors (Lipinski definition) is 2. The molecule has 2 aromatic rings. The smallest absolute Gasteiger partial charge is 0.229 e. The minimum atomic E-state index is -0.641. The van der Waals surface area contributed by atoms with Crippen molar-refractivity contribution in [2.75, 3.05) is 16.8 Å². The lowest BCUT2D eigenvalue weighted by atomic mass is 10.1. The molecule has 1 N–H and O–H groups in total. The minimum absolute atomic E-state index is 0.0288. The number of hydrogen-bond donors (Lipinski definition) is 1. The van der Waals surface area contributed by atoms with Gasteiger partial charge in [-0.1, -0.05) is 23.7 Å². The van der Waals surface area contributed by atoms with Crippen molar-refractivity contribution >= 4 is 34.8 Å². The highest BCUT2D eigenvalue weighted by Gasteiger charge is 2.36. The van der Waals surface area contributed by atoms with E-state index in [4.69, 9.17) is 11.6 Å². The van der Waals surface area contributed by atoms with Crippen molar-refractivity contribution in [2.45, 2.75) is 6.42 Å². The molecule has 2 amide bonds. The zero-order valence-electron chi connectivity index (χ0n) is 12.4. The molecule has 1 aliphatic rings. The van der Waals surface area contributed by atoms with Crippen LogP contribution in [0.25, 0.3) is 0 Å². The molecule has 0 spiro atoms. The second-order valence-electron chi connectivity index (χ2n) is 5.47. The molecule has 1 aliphatic heterocycles. The fourth-order valence-electron chi connectivity index (χ4n) is 2.61. The van der Waals surface area contributed by atoms with E-state index in [1.807, 2.05) is 0 Å². The lowest BCUT2D eigenvalue weighted by Gasteiger charge is -2.17. The molecule has 4 nitrogen and oxygen atoms in total. The fourth-order valence-corrected chi connectivity index (χ4v) is 2.83. The Kier molecular flexibility index (Phi) is 4.49. The molecule has 1 saturated heterocycles. The van der Waals surface area contributed by atoms with Gasteiger partial charge in [-0.25, -0.2) is 8.78 Å². The molecule has 0 saturated carbocycles. The second-order valence-corrected chi connectivity index (χ2v) is 5.88. The Morgan fingerprint density at radius 1 is 1.21 bits per heavy atom. The van der Waals surface area contributed by atoms with E-state index in [-0.39, 0.29) is 35.3 Å². The predicted molar refractivity (Wildman–Crippen MR) is 86.9 cm³/mol. The molecule has 1 unspecified atom stereocenters. The molecule has 124 valence electrons. The summed E-state index contributed by atoms with van der Waals surface area (Å²) in [7, 11) is 0. The molecule has 3 rings (SSSR count). The van der Waals surface area contributed by atoms with Gasteiger partial charge in [0, 0.05) is 13.0 Å². The highest BCUT2D eigenvalue weighted by molar-refractivity contribution is 6.33. The van der Waals surface area contributed by atoms with Crippen LogP contribution in [0, 0.1) is 17.6 Å². The number of amides is 2. The van der Waals surface area contributed by atoms with Crippen molar-refractivity contribution in [3.63, 3.8) is 0 Å². The number of benzene rings is 2. The molecule has 24 heavy (non-hydrogen) atoms. The van der Waals surface area contributed by atoms with Gasteiger partial charge >= 0.3 is 0 Å². The van der Waals surface area contributed by atoms with E-state index in [9.17, 15) is 18.4 Å². The minimum Gasteiger partial charge on any atom is -0.324 e. The van der Waals surface area contributed by atoms with E-state index in [0.29, 0.717) is 0 Å². The molecule has 1 atom stereocenters. The van der Waals surface area contributed by atoms with Gasteiger partial charge in [-0.2, -0.15) is 0 Å². The number of carbonyl (C=O) groups excluding carboxylic acids is 2. The number of para-hydroxylation sites is 1. The van der Waals surface area contributed by atoms with Gasteiger partial charge in [-0.15, -0.1) is 0 Å². The van der Waals surface area contributed by atoms with Crippen molar-refractivity contribution in [3.8, 4) is 0 Å². The molecule has 7 heteroatoms. The summed E-state index contributed by atoms with van der Waals surface area (Å²) in [5, 5.41) is 2.64. The van der Waals surface area contributed by atoms with E-state index in [0.717, 1.165) is 6.07 Å². The Morgan fingerprint density at radius 3 is 2.67 bits per heavy atom. The highest BCUT2D eigenvalue weighted by atomic mass is 35.5. The number of rotatable bonds is 3. The van der Waals surface area contributed by atoms with Crippen molar-refractivity contribution in [2.24, 2.45) is 5.92 Å². The summed E-state index contributed by atoms with van der Waals surface area (Å²) >= 11 is 5.87. The fraction of sp³-hybridized carbons (Fsp3) is 0.176. The summed E-state index contributed by atoms with van der Waals surface area (Å²) in [5.41, 5.74) is 0.414. The number of nitrogens with zero attached hydrogens (tertiary/aromatic N) is 1. The first-order valence-electron chi connectivity index (χ1n) is 7.26. The Balaban J connectivity index is 1.73. The van der Waals surface area contributed by atoms with Crippen molar-refractivity contribution in [3.05, 3.63) is 59.1 Å². The van der Waals surface area contributed by atoms with Gasteiger partial charge in [0.25, 0.3) is 0 Å². The van der Waals surface area contributed by atoms with E-state index < -0.39 is 23.5 Å². The van der Waals surface area contributed by atoms with Gasteiger partial charge in [0.2, 0.25) is 11.8 Å². The quantitative estimate of drug-likeness (QED) is 0.919. The second kappa shape index (κ2) is 6.57. The zero-order valence-corrected chi connectivity index (χ0v) is 13.2. The van der Waals surface area contributed by atoms with E-state index >= 15 is 0 Å². The maximum Gasteiger partial charge on any atom is 0.229 e. The molecule has 0 aliphatic carbocycles. The number of anilines is 2. The highest BCUT2D eigenvalue weighted by Crippen LogP contribution is 2.29. The van der Waals surface area contributed by atoms with Gasteiger partial charge in [-0.3, -0.25) is 9.59 Å². The third-order valence-corrected chi connectivity index (χ3v) is 4.14. The summed E-state index contributed by atoms with van der Waals surface area (Å²) in [6.45, 7) is 0.0738. The molecular weight excluding hydrogens is 338 g/mol. The Bertz CT molecular complexity index is 813. The van der Waals surface area contributed by atoms with E-state index in [1.165, 1.54) is 35.2 Å². The first kappa shape index (κ1) is 16.4. The topological polar surface area (TPSA) is 49.4 Å². The third kappa shape index (κ3) is 3.23. The maximum absolute atomic E-state index is 13.8. The molecule has 1 heterocycles. The summed E-state index contributed by atoms with van der Waals surface area (Å²) in [4.78, 5) is 25.7. The average Bonchev–Trinajstić information content (AvgIpc) is 2.92. The Morgan fingerprint density at radius 2 is 1.96 bits per heavy atom. The molecule has 2 aromatic carbocycles. The van der Waals surface area contributed by atoms with E-state index in [1.54, 1.807) is 6.07 Å². The molecule has 0 aromatic heterocycles. The van der Waals surface area contributed by atoms with Gasteiger partial charge in [0.15, 0.2) is 0 Å². The average molecular weight is 351 g/mol. The Labute approximate surface area is 142 Å². The largest absolute Gasteiger partial charge is 0.324 e. The third-order valence-electron chi connectivity index (χ3n) is 3.83. The molecular formula is C17H13ClF2N2O2. The van der Waals surface area contributed by atoms with Crippen molar-refractivity contribution in [1.29, 1.82) is 0 Å². The summed E-state index contributed by atoms with van der Waals surface area (Å²) < 4.78 is 26.9. The number of nitrogens with one attached hydrogen (secondary N) is 1. The van der Waals surface area contributed by atoms with Gasteiger partial charge < -0.3 is 10.2 Å². The summed E-state index contributed by atoms with van der Waals surface area (Å²) in [6, 6.07) is 9.51. The van der Waals surface area contributed by atoms with Crippen LogP contribution >= 0.6 is 11.6 Å². The standard InChI is InChI=1S/C17H13ClF2N2O2/c18-12-8-11(19)5-6-14(12)21-17(24)10-7-16(23)22(9-10)15-4-2-1-3-13(15)20/h1-6,8,10H,7,9H2,(H,21,24). The number of halogens is 3. The van der Waals surface area contributed by atoms with Gasteiger partial charge in [0.05, 0.1) is 22.3 Å². The van der Waals surface area contributed by atoms with Crippen LogP contribution < -0.4 is 10.2 Å². The van der Waals surface area contributed by atoms with Crippen LogP contribution in [0.1, 0.15) is 6.42 Å². The van der Waals surface area contributed by atoms with Crippen molar-refractivity contribution < 1.29 is 18.4 Å². The molecule has 0 radical (unpaired) electrons. The lowest BCUT2D eigenvalue weighted by molar-refractivity contribution is -0.122. The van der Waals surface area contributed by atoms with E-state index in [2.05, 4.69) is 5.32 Å². The monoisotopic (exact) mass is 350 g/mol. The van der Waals surface area contributed by atoms with Crippen LogP contribution in [0.4, 0.5) is 20.2 Å². The number of carbonyl (C=O) groups is 2. The summed E-state index contributed by atoms with van der Waals surface area (Å²) in [6.07, 6.45) is -0.0288. The molecule has 0 bridgehead atoms. The van der Waals surface area contributed by atoms with Crippen molar-refractivity contribution in [1.82, 2.24) is 0 Å². The van der Waals surface area contributed by atoms with Crippen LogP contribution in [0.2, 0.25) is 5.02 Å². The first-order chi connectivity index (χ1) is 11.5. The SMILES string of the molecule is O=C(Nc1ccc(F)cc1Cl)C1CC(=O)N(c2ccccc2F)C1. The van der Waals surface area contributed by atoms with Crippen LogP contribution in [0.5, 0.6) is 0 Å². The lowest BCUT2D eigenvalue weighted by Crippen LogP contribution is -2.28. The van der Waals surface area contributed by atoms with Gasteiger partial charge in [0.1, 0.15) is 11.6 Å².